The second kappa shape index (κ2) is 11.8. The average Bonchev–Trinajstić information content (AvgIpc) is 2.87. The molecule has 0 fully saturated rings. The van der Waals surface area contributed by atoms with Crippen molar-refractivity contribution in [2.75, 3.05) is 13.2 Å². The first-order chi connectivity index (χ1) is 18.1. The minimum atomic E-state index is -2.56. The van der Waals surface area contributed by atoms with E-state index in [2.05, 4.69) is 135 Å². The van der Waals surface area contributed by atoms with Crippen LogP contribution >= 0.6 is 0 Å². The highest BCUT2D eigenvalue weighted by atomic mass is 28.4. The summed E-state index contributed by atoms with van der Waals surface area (Å²) in [6, 6.07) is 21.5. The smallest absolute Gasteiger partial charge is 0.261 e. The van der Waals surface area contributed by atoms with E-state index in [1.807, 2.05) is 0 Å². The summed E-state index contributed by atoms with van der Waals surface area (Å²) in [5.41, 5.74) is 1.22. The molecule has 1 aliphatic carbocycles. The summed E-state index contributed by atoms with van der Waals surface area (Å²) in [4.78, 5) is 13.3. The van der Waals surface area contributed by atoms with Crippen LogP contribution in [0.5, 0.6) is 0 Å². The monoisotopic (exact) mass is 562 g/mol. The maximum Gasteiger partial charge on any atom is 0.261 e. The maximum absolute atomic E-state index is 13.3. The molecule has 2 aromatic rings. The third kappa shape index (κ3) is 6.65. The van der Waals surface area contributed by atoms with Gasteiger partial charge >= 0.3 is 0 Å². The van der Waals surface area contributed by atoms with Crippen molar-refractivity contribution >= 4 is 32.8 Å². The zero-order valence-corrected chi connectivity index (χ0v) is 27.8. The van der Waals surface area contributed by atoms with Crippen molar-refractivity contribution in [2.45, 2.75) is 90.9 Å². The minimum Gasteiger partial charge on any atom is -0.412 e. The van der Waals surface area contributed by atoms with E-state index in [-0.39, 0.29) is 21.3 Å². The topological polar surface area (TPSA) is 35.5 Å². The van der Waals surface area contributed by atoms with Gasteiger partial charge in [0.25, 0.3) is 8.32 Å². The van der Waals surface area contributed by atoms with Crippen molar-refractivity contribution in [1.29, 1.82) is 0 Å². The van der Waals surface area contributed by atoms with Gasteiger partial charge in [0, 0.05) is 12.2 Å². The first-order valence-corrected chi connectivity index (χ1v) is 19.2. The van der Waals surface area contributed by atoms with Crippen LogP contribution in [0.3, 0.4) is 0 Å². The molecule has 0 aromatic heterocycles. The Morgan fingerprint density at radius 1 is 0.846 bits per heavy atom. The molecule has 0 bridgehead atoms. The van der Waals surface area contributed by atoms with Gasteiger partial charge in [-0.05, 0) is 63.8 Å². The molecule has 5 heteroatoms. The number of carbonyl (C=O) groups excluding carboxylic acids is 1. The molecule has 3 rings (SSSR count). The van der Waals surface area contributed by atoms with Crippen molar-refractivity contribution in [1.82, 2.24) is 0 Å². The largest absolute Gasteiger partial charge is 0.412 e. The fourth-order valence-electron chi connectivity index (χ4n) is 5.33. The van der Waals surface area contributed by atoms with Crippen molar-refractivity contribution < 1.29 is 13.6 Å². The molecule has 1 aliphatic rings. The molecule has 0 saturated carbocycles. The predicted molar refractivity (Wildman–Crippen MR) is 171 cm³/mol. The quantitative estimate of drug-likeness (QED) is 0.168. The van der Waals surface area contributed by atoms with E-state index in [1.54, 1.807) is 0 Å². The number of hydrogen-bond donors (Lipinski definition) is 0. The second-order valence-corrected chi connectivity index (χ2v) is 23.1. The lowest BCUT2D eigenvalue weighted by molar-refractivity contribution is -0.114. The molecule has 3 nitrogen and oxygen atoms in total. The van der Waals surface area contributed by atoms with Gasteiger partial charge in [0.15, 0.2) is 14.1 Å². The van der Waals surface area contributed by atoms with Gasteiger partial charge in [0.1, 0.15) is 0 Å². The van der Waals surface area contributed by atoms with Crippen LogP contribution in [0.4, 0.5) is 0 Å². The summed E-state index contributed by atoms with van der Waals surface area (Å²) >= 11 is 0. The number of benzene rings is 2. The van der Waals surface area contributed by atoms with Crippen molar-refractivity contribution in [2.24, 2.45) is 5.41 Å². The molecule has 0 heterocycles. The van der Waals surface area contributed by atoms with E-state index < -0.39 is 16.6 Å². The molecule has 0 saturated heterocycles. The Balaban J connectivity index is 1.74. The van der Waals surface area contributed by atoms with Crippen LogP contribution in [0.15, 0.2) is 84.5 Å². The lowest BCUT2D eigenvalue weighted by Gasteiger charge is -2.43. The minimum absolute atomic E-state index is 0.0498. The van der Waals surface area contributed by atoms with Crippen LogP contribution in [0.25, 0.3) is 0 Å². The number of rotatable bonds is 10. The average molecular weight is 563 g/mol. The molecule has 0 aliphatic heterocycles. The maximum atomic E-state index is 13.3. The van der Waals surface area contributed by atoms with Crippen LogP contribution in [0, 0.1) is 5.41 Å². The highest BCUT2D eigenvalue weighted by molar-refractivity contribution is 6.99. The Morgan fingerprint density at radius 2 is 1.36 bits per heavy atom. The first-order valence-electron chi connectivity index (χ1n) is 14.4. The lowest BCUT2D eigenvalue weighted by atomic mass is 9.70. The van der Waals surface area contributed by atoms with Gasteiger partial charge in [-0.3, -0.25) is 4.79 Å². The zero-order valence-electron chi connectivity index (χ0n) is 25.8. The zero-order chi connectivity index (χ0) is 29.1. The van der Waals surface area contributed by atoms with Crippen molar-refractivity contribution in [3.8, 4) is 0 Å². The predicted octanol–water partition coefficient (Wildman–Crippen LogP) is 7.83. The molecule has 2 aromatic carbocycles. The third-order valence-electron chi connectivity index (χ3n) is 9.10. The number of allylic oxidation sites excluding steroid dienone is 2. The van der Waals surface area contributed by atoms with Crippen LogP contribution in [-0.4, -0.2) is 35.6 Å². The number of carbonyl (C=O) groups is 1. The van der Waals surface area contributed by atoms with Gasteiger partial charge < -0.3 is 8.85 Å². The summed E-state index contributed by atoms with van der Waals surface area (Å²) in [5, 5.41) is 2.65. The van der Waals surface area contributed by atoms with Gasteiger partial charge in [0.2, 0.25) is 0 Å². The highest BCUT2D eigenvalue weighted by Crippen LogP contribution is 2.43. The normalized spacial score (nSPS) is 19.3. The highest BCUT2D eigenvalue weighted by Gasteiger charge is 2.50. The molecule has 39 heavy (non-hydrogen) atoms. The third-order valence-corrected chi connectivity index (χ3v) is 18.6. The van der Waals surface area contributed by atoms with Gasteiger partial charge in [-0.1, -0.05) is 122 Å². The standard InChI is InChI=1S/C34H50O3Si2/c1-27-31(35)28(26-37-38(9,10)32(2,3)4)22-24-34(27,8)23-17-25-36-39(33(5,6)7,29-18-13-11-14-19-29)30-20-15-12-16-21-30/h11-16,18-22H,1,17,23-26H2,2-10H3. The number of Topliss-reactive ketones (excluding diaryl/α,β-unsaturated/α-hetero) is 1. The molecule has 0 spiro atoms. The van der Waals surface area contributed by atoms with E-state index >= 15 is 0 Å². The first kappa shape index (κ1) is 31.5. The van der Waals surface area contributed by atoms with Crippen molar-refractivity contribution in [3.05, 3.63) is 84.5 Å². The van der Waals surface area contributed by atoms with E-state index in [9.17, 15) is 4.79 Å². The lowest BCUT2D eigenvalue weighted by Crippen LogP contribution is -2.66. The molecule has 1 unspecified atom stereocenters. The summed E-state index contributed by atoms with van der Waals surface area (Å²) in [5.74, 6) is 0.0651. The van der Waals surface area contributed by atoms with E-state index in [1.165, 1.54) is 10.4 Å². The fraction of sp³-hybridized carbons (Fsp3) is 0.500. The van der Waals surface area contributed by atoms with E-state index in [4.69, 9.17) is 8.85 Å². The number of hydrogen-bond acceptors (Lipinski definition) is 3. The van der Waals surface area contributed by atoms with Gasteiger partial charge in [-0.2, -0.15) is 0 Å². The SMILES string of the molecule is C=C1C(=O)C(CO[Si](C)(C)C(C)(C)C)=CCC1(C)CCCO[Si](c1ccccc1)(c1ccccc1)C(C)(C)C. The molecule has 0 amide bonds. The van der Waals surface area contributed by atoms with E-state index in [0.29, 0.717) is 18.8 Å². The Kier molecular flexibility index (Phi) is 9.54. The van der Waals surface area contributed by atoms with Gasteiger partial charge in [-0.15, -0.1) is 0 Å². The molecular weight excluding hydrogens is 513 g/mol. The van der Waals surface area contributed by atoms with E-state index in [0.717, 1.165) is 24.8 Å². The van der Waals surface area contributed by atoms with Crippen molar-refractivity contribution in [3.63, 3.8) is 0 Å². The Labute approximate surface area is 240 Å². The Bertz CT molecular complexity index is 1130. The summed E-state index contributed by atoms with van der Waals surface area (Å²) in [6.07, 6.45) is 4.65. The van der Waals surface area contributed by atoms with Crippen LogP contribution in [0.2, 0.25) is 23.2 Å². The number of ketones is 1. The molecular formula is C34H50O3Si2. The second-order valence-electron chi connectivity index (χ2n) is 14.0. The van der Waals surface area contributed by atoms with Gasteiger partial charge in [0.05, 0.1) is 6.61 Å². The molecule has 1 atom stereocenters. The van der Waals surface area contributed by atoms with Gasteiger partial charge in [-0.25, -0.2) is 0 Å². The van der Waals surface area contributed by atoms with Crippen LogP contribution < -0.4 is 10.4 Å². The Hall–Kier alpha value is -2.06. The fourth-order valence-corrected chi connectivity index (χ4v) is 10.9. The van der Waals surface area contributed by atoms with Crippen LogP contribution in [0.1, 0.15) is 67.7 Å². The molecule has 0 N–H and O–H groups in total. The van der Waals surface area contributed by atoms with Crippen LogP contribution in [-0.2, 0) is 13.6 Å². The summed E-state index contributed by atoms with van der Waals surface area (Å²) in [6.45, 7) is 25.5. The molecule has 0 radical (unpaired) electrons. The Morgan fingerprint density at radius 3 is 1.82 bits per heavy atom. The summed E-state index contributed by atoms with van der Waals surface area (Å²) in [7, 11) is -4.49. The molecule has 212 valence electrons. The summed E-state index contributed by atoms with van der Waals surface area (Å²) < 4.78 is 13.5.